The molecular weight excluding hydrogens is 526 g/mol. The lowest BCUT2D eigenvalue weighted by Gasteiger charge is -2.32. The highest BCUT2D eigenvalue weighted by molar-refractivity contribution is 7.91. The lowest BCUT2D eigenvalue weighted by molar-refractivity contribution is -0.121. The molecule has 1 saturated heterocycles. The van der Waals surface area contributed by atoms with Crippen LogP contribution in [0.15, 0.2) is 59.1 Å². The number of hydrogen-bond acceptors (Lipinski definition) is 6. The van der Waals surface area contributed by atoms with E-state index in [1.807, 2.05) is 25.1 Å². The number of aromatic nitrogens is 1. The lowest BCUT2D eigenvalue weighted by atomic mass is 9.97. The molecular formula is C31H35N3O5S. The van der Waals surface area contributed by atoms with Gasteiger partial charge in [0, 0.05) is 53.3 Å². The number of nitrogens with zero attached hydrogens (tertiary/aromatic N) is 1. The van der Waals surface area contributed by atoms with E-state index < -0.39 is 27.4 Å². The van der Waals surface area contributed by atoms with E-state index in [9.17, 15) is 18.0 Å². The summed E-state index contributed by atoms with van der Waals surface area (Å²) in [5, 5.41) is 3.85. The van der Waals surface area contributed by atoms with Crippen molar-refractivity contribution in [3.05, 3.63) is 88.5 Å². The molecule has 1 unspecified atom stereocenters. The van der Waals surface area contributed by atoms with Gasteiger partial charge in [-0.2, -0.15) is 0 Å². The number of anilines is 1. The summed E-state index contributed by atoms with van der Waals surface area (Å²) in [6, 6.07) is 15.1. The van der Waals surface area contributed by atoms with Crippen molar-refractivity contribution in [1.29, 1.82) is 0 Å². The van der Waals surface area contributed by atoms with E-state index in [1.54, 1.807) is 12.1 Å². The summed E-state index contributed by atoms with van der Waals surface area (Å²) in [6.07, 6.45) is 6.22. The summed E-state index contributed by atoms with van der Waals surface area (Å²) in [6.45, 7) is 5.95. The Morgan fingerprint density at radius 2 is 1.80 bits per heavy atom. The smallest absolute Gasteiger partial charge is 0.225 e. The summed E-state index contributed by atoms with van der Waals surface area (Å²) in [7, 11) is -3.44. The van der Waals surface area contributed by atoms with Crippen LogP contribution in [0.2, 0.25) is 0 Å². The van der Waals surface area contributed by atoms with Crippen molar-refractivity contribution >= 4 is 38.1 Å². The van der Waals surface area contributed by atoms with Gasteiger partial charge in [-0.15, -0.1) is 0 Å². The molecule has 4 aromatic rings. The van der Waals surface area contributed by atoms with Gasteiger partial charge in [0.2, 0.25) is 5.91 Å². The number of fused-ring (bicyclic) bond motifs is 1. The van der Waals surface area contributed by atoms with Crippen molar-refractivity contribution in [3.8, 4) is 0 Å². The zero-order chi connectivity index (χ0) is 28.4. The van der Waals surface area contributed by atoms with Crippen molar-refractivity contribution in [2.45, 2.75) is 45.6 Å². The summed E-state index contributed by atoms with van der Waals surface area (Å²) >= 11 is 0. The Hall–Kier alpha value is -3.85. The first kappa shape index (κ1) is 27.7. The minimum absolute atomic E-state index is 0.128. The number of ketones is 1. The maximum atomic E-state index is 13.4. The molecule has 1 fully saturated rings. The van der Waals surface area contributed by atoms with Crippen molar-refractivity contribution in [2.75, 3.05) is 30.0 Å². The Balaban J connectivity index is 1.40. The van der Waals surface area contributed by atoms with Crippen LogP contribution >= 0.6 is 0 Å². The van der Waals surface area contributed by atoms with E-state index in [-0.39, 0.29) is 12.3 Å². The number of amides is 1. The summed E-state index contributed by atoms with van der Waals surface area (Å²) in [5.74, 6) is 0.291. The monoisotopic (exact) mass is 561 g/mol. The second kappa shape index (κ2) is 11.3. The van der Waals surface area contributed by atoms with Crippen molar-refractivity contribution < 1.29 is 22.4 Å². The minimum atomic E-state index is -3.44. The molecule has 0 radical (unpaired) electrons. The van der Waals surface area contributed by atoms with Gasteiger partial charge in [0.1, 0.15) is 23.3 Å². The normalized spacial score (nSPS) is 14.8. The van der Waals surface area contributed by atoms with Crippen LogP contribution in [-0.2, 0) is 21.1 Å². The molecule has 1 aliphatic heterocycles. The Morgan fingerprint density at radius 3 is 2.50 bits per heavy atom. The molecule has 3 heterocycles. The fourth-order valence-corrected chi connectivity index (χ4v) is 6.08. The van der Waals surface area contributed by atoms with Gasteiger partial charge in [-0.05, 0) is 68.5 Å². The number of H-pyrrole nitrogens is 1. The number of aromatic amines is 1. The first-order valence-corrected chi connectivity index (χ1v) is 15.7. The fraction of sp³-hybridized carbons (Fsp3) is 0.355. The Labute approximate surface area is 234 Å². The molecule has 2 aromatic carbocycles. The number of carbonyl (C=O) groups is 2. The second-order valence-electron chi connectivity index (χ2n) is 10.8. The molecule has 40 heavy (non-hydrogen) atoms. The minimum Gasteiger partial charge on any atom is -0.464 e. The molecule has 0 aliphatic carbocycles. The maximum Gasteiger partial charge on any atom is 0.225 e. The summed E-state index contributed by atoms with van der Waals surface area (Å²) in [5.41, 5.74) is 5.06. The first-order chi connectivity index (χ1) is 19.1. The number of nitrogens with one attached hydrogen (secondary N) is 2. The number of rotatable bonds is 9. The third-order valence-electron chi connectivity index (χ3n) is 7.35. The zero-order valence-electron chi connectivity index (χ0n) is 23.1. The lowest BCUT2D eigenvalue weighted by Crippen LogP contribution is -2.34. The molecule has 0 bridgehead atoms. The molecule has 0 saturated carbocycles. The number of piperidine rings is 1. The number of furan rings is 1. The van der Waals surface area contributed by atoms with Gasteiger partial charge in [-0.25, -0.2) is 8.42 Å². The molecule has 9 heteroatoms. The fourth-order valence-electron chi connectivity index (χ4n) is 5.44. The van der Waals surface area contributed by atoms with E-state index in [2.05, 4.69) is 40.3 Å². The summed E-state index contributed by atoms with van der Waals surface area (Å²) in [4.78, 5) is 31.4. The maximum absolute atomic E-state index is 13.4. The van der Waals surface area contributed by atoms with Gasteiger partial charge < -0.3 is 19.6 Å². The van der Waals surface area contributed by atoms with E-state index in [0.717, 1.165) is 54.8 Å². The van der Waals surface area contributed by atoms with Crippen LogP contribution in [0.5, 0.6) is 0 Å². The van der Waals surface area contributed by atoms with Crippen LogP contribution in [0.3, 0.4) is 0 Å². The van der Waals surface area contributed by atoms with E-state index in [0.29, 0.717) is 22.2 Å². The van der Waals surface area contributed by atoms with Crippen molar-refractivity contribution in [2.24, 2.45) is 0 Å². The van der Waals surface area contributed by atoms with Gasteiger partial charge >= 0.3 is 0 Å². The quantitative estimate of drug-likeness (QED) is 0.277. The zero-order valence-corrected chi connectivity index (χ0v) is 23.9. The average molecular weight is 562 g/mol. The topological polar surface area (TPSA) is 112 Å². The molecule has 5 rings (SSSR count). The highest BCUT2D eigenvalue weighted by Gasteiger charge is 2.26. The molecule has 210 valence electrons. The molecule has 1 aliphatic rings. The third-order valence-corrected chi connectivity index (χ3v) is 8.14. The molecule has 2 N–H and O–H groups in total. The van der Waals surface area contributed by atoms with Crippen LogP contribution in [0.25, 0.3) is 10.9 Å². The number of aryl methyl sites for hydroxylation is 2. The number of hydrogen-bond donors (Lipinski definition) is 2. The SMILES string of the molecule is Cc1ccc(C(NC(=O)Cc2ccc3c(C(=O)CS(C)(=O)=O)c[nH]c3c2)c2ccc(C)o2)c(N2CCCCC2)c1. The van der Waals surface area contributed by atoms with Crippen molar-refractivity contribution in [3.63, 3.8) is 0 Å². The molecule has 2 aromatic heterocycles. The van der Waals surface area contributed by atoms with Gasteiger partial charge in [0.25, 0.3) is 0 Å². The van der Waals surface area contributed by atoms with Gasteiger partial charge in [-0.3, -0.25) is 9.59 Å². The van der Waals surface area contributed by atoms with Crippen LogP contribution in [0.4, 0.5) is 5.69 Å². The summed E-state index contributed by atoms with van der Waals surface area (Å²) < 4.78 is 29.2. The Kier molecular flexibility index (Phi) is 7.85. The predicted octanol–water partition coefficient (Wildman–Crippen LogP) is 5.04. The molecule has 1 atom stereocenters. The van der Waals surface area contributed by atoms with E-state index in [1.165, 1.54) is 18.2 Å². The average Bonchev–Trinajstić information content (AvgIpc) is 3.53. The Morgan fingerprint density at radius 1 is 1.02 bits per heavy atom. The van der Waals surface area contributed by atoms with E-state index >= 15 is 0 Å². The first-order valence-electron chi connectivity index (χ1n) is 13.6. The van der Waals surface area contributed by atoms with Gasteiger partial charge in [-0.1, -0.05) is 24.3 Å². The third kappa shape index (κ3) is 6.31. The van der Waals surface area contributed by atoms with Crippen LogP contribution in [-0.4, -0.2) is 50.2 Å². The number of carbonyl (C=O) groups excluding carboxylic acids is 2. The molecule has 8 nitrogen and oxygen atoms in total. The highest BCUT2D eigenvalue weighted by Crippen LogP contribution is 2.34. The predicted molar refractivity (Wildman–Crippen MR) is 157 cm³/mol. The van der Waals surface area contributed by atoms with Crippen LogP contribution < -0.4 is 10.2 Å². The van der Waals surface area contributed by atoms with Crippen molar-refractivity contribution in [1.82, 2.24) is 10.3 Å². The van der Waals surface area contributed by atoms with Gasteiger partial charge in [0.15, 0.2) is 15.6 Å². The molecule has 0 spiro atoms. The second-order valence-corrected chi connectivity index (χ2v) is 13.0. The van der Waals surface area contributed by atoms with Crippen LogP contribution in [0.1, 0.15) is 63.9 Å². The number of Topliss-reactive ketones (excluding diaryl/α,β-unsaturated/α-hetero) is 1. The van der Waals surface area contributed by atoms with Gasteiger partial charge in [0.05, 0.1) is 6.42 Å². The number of benzene rings is 2. The highest BCUT2D eigenvalue weighted by atomic mass is 32.2. The standard InChI is InChI=1S/C31H35N3O5S/c1-20-7-10-24(27(15-20)34-13-5-4-6-14-34)31(29-12-8-21(2)39-29)33-30(36)17-22-9-11-23-25(18-32-26(23)16-22)28(35)19-40(3,37)38/h7-12,15-16,18,31-32H,4-6,13-14,17,19H2,1-3H3,(H,33,36). The van der Waals surface area contributed by atoms with Crippen LogP contribution in [0, 0.1) is 13.8 Å². The Bertz CT molecular complexity index is 1660. The number of sulfone groups is 1. The largest absolute Gasteiger partial charge is 0.464 e. The van der Waals surface area contributed by atoms with E-state index in [4.69, 9.17) is 4.42 Å². The molecule has 1 amide bonds.